The molecule has 1 aliphatic heterocycles. The summed E-state index contributed by atoms with van der Waals surface area (Å²) in [5, 5.41) is 2.30. The zero-order valence-electron chi connectivity index (χ0n) is 11.9. The Bertz CT molecular complexity index is 411. The topological polar surface area (TPSA) is 66.5 Å². The third kappa shape index (κ3) is 2.38. The minimum Gasteiger partial charge on any atom is -0.277 e. The van der Waals surface area contributed by atoms with E-state index in [2.05, 4.69) is 5.32 Å². The van der Waals surface area contributed by atoms with Gasteiger partial charge in [0.25, 0.3) is 0 Å². The summed E-state index contributed by atoms with van der Waals surface area (Å²) >= 11 is 0. The van der Waals surface area contributed by atoms with Gasteiger partial charge >= 0.3 is 6.03 Å². The number of amides is 4. The highest BCUT2D eigenvalue weighted by Crippen LogP contribution is 2.32. The first-order valence-corrected chi connectivity index (χ1v) is 7.04. The average Bonchev–Trinajstić information content (AvgIpc) is 2.38. The minimum atomic E-state index is -1.16. The number of hydrogen-bond donors (Lipinski definition) is 1. The first kappa shape index (κ1) is 14.0. The number of barbiturate groups is 1. The number of urea groups is 1. The van der Waals surface area contributed by atoms with Crippen molar-refractivity contribution in [2.45, 2.75) is 58.9 Å². The number of nitrogens with zero attached hydrogens (tertiary/aromatic N) is 1. The lowest BCUT2D eigenvalue weighted by Crippen LogP contribution is -2.64. The fraction of sp³-hybridized carbons (Fsp3) is 0.786. The summed E-state index contributed by atoms with van der Waals surface area (Å²) in [6.07, 6.45) is 5.63. The first-order chi connectivity index (χ1) is 8.85. The predicted molar refractivity (Wildman–Crippen MR) is 70.2 cm³/mol. The van der Waals surface area contributed by atoms with Gasteiger partial charge in [-0.25, -0.2) is 4.79 Å². The molecule has 19 heavy (non-hydrogen) atoms. The summed E-state index contributed by atoms with van der Waals surface area (Å²) in [6, 6.07) is -0.701. The minimum absolute atomic E-state index is 0.139. The predicted octanol–water partition coefficient (Wildman–Crippen LogP) is 2.06. The molecule has 0 aromatic rings. The van der Waals surface area contributed by atoms with Crippen molar-refractivity contribution in [3.05, 3.63) is 0 Å². The van der Waals surface area contributed by atoms with E-state index in [4.69, 9.17) is 0 Å². The Hall–Kier alpha value is -1.39. The Morgan fingerprint density at radius 2 is 1.74 bits per heavy atom. The van der Waals surface area contributed by atoms with Crippen molar-refractivity contribution in [1.29, 1.82) is 0 Å². The van der Waals surface area contributed by atoms with Crippen molar-refractivity contribution >= 4 is 17.8 Å². The Morgan fingerprint density at radius 3 is 2.32 bits per heavy atom. The van der Waals surface area contributed by atoms with Gasteiger partial charge in [0.1, 0.15) is 5.41 Å². The maximum atomic E-state index is 12.4. The molecule has 5 heteroatoms. The van der Waals surface area contributed by atoms with Gasteiger partial charge in [0.2, 0.25) is 11.8 Å². The first-order valence-electron chi connectivity index (χ1n) is 7.04. The van der Waals surface area contributed by atoms with Crippen LogP contribution in [0.3, 0.4) is 0 Å². The smallest absolute Gasteiger partial charge is 0.277 e. The van der Waals surface area contributed by atoms with Crippen LogP contribution in [0.15, 0.2) is 0 Å². The zero-order valence-corrected chi connectivity index (χ0v) is 11.9. The molecule has 2 fully saturated rings. The molecule has 0 bridgehead atoms. The van der Waals surface area contributed by atoms with E-state index in [9.17, 15) is 14.4 Å². The second-order valence-electron chi connectivity index (χ2n) is 6.20. The third-order valence-electron chi connectivity index (χ3n) is 4.50. The number of imide groups is 2. The Labute approximate surface area is 113 Å². The van der Waals surface area contributed by atoms with Gasteiger partial charge in [-0.15, -0.1) is 0 Å². The monoisotopic (exact) mass is 266 g/mol. The Balaban J connectivity index is 2.19. The van der Waals surface area contributed by atoms with E-state index in [1.165, 1.54) is 11.3 Å². The van der Waals surface area contributed by atoms with Crippen LogP contribution < -0.4 is 5.32 Å². The SMILES string of the molecule is CC(C1CCCCC1)N1C(=O)NC(=O)C(C)(C)C1=O. The lowest BCUT2D eigenvalue weighted by atomic mass is 9.82. The van der Waals surface area contributed by atoms with Crippen LogP contribution in [0.2, 0.25) is 0 Å². The molecule has 1 aliphatic carbocycles. The quantitative estimate of drug-likeness (QED) is 0.778. The largest absolute Gasteiger partial charge is 0.331 e. The van der Waals surface area contributed by atoms with Crippen molar-refractivity contribution in [2.24, 2.45) is 11.3 Å². The highest BCUT2D eigenvalue weighted by molar-refractivity contribution is 6.18. The number of nitrogens with one attached hydrogen (secondary N) is 1. The summed E-state index contributed by atoms with van der Waals surface area (Å²) < 4.78 is 0. The molecule has 2 rings (SSSR count). The fourth-order valence-corrected chi connectivity index (χ4v) is 3.00. The van der Waals surface area contributed by atoms with Gasteiger partial charge in [-0.2, -0.15) is 0 Å². The van der Waals surface area contributed by atoms with E-state index in [1.54, 1.807) is 13.8 Å². The summed E-state index contributed by atoms with van der Waals surface area (Å²) in [7, 11) is 0. The van der Waals surface area contributed by atoms with Gasteiger partial charge in [0, 0.05) is 6.04 Å². The molecule has 106 valence electrons. The fourth-order valence-electron chi connectivity index (χ4n) is 3.00. The van der Waals surface area contributed by atoms with Gasteiger partial charge in [-0.3, -0.25) is 19.8 Å². The van der Waals surface area contributed by atoms with Gasteiger partial charge < -0.3 is 0 Å². The van der Waals surface area contributed by atoms with Crippen molar-refractivity contribution in [3.63, 3.8) is 0 Å². The number of rotatable bonds is 2. The Kier molecular flexibility index (Phi) is 3.65. The van der Waals surface area contributed by atoms with Crippen LogP contribution in [0.5, 0.6) is 0 Å². The van der Waals surface area contributed by atoms with Gasteiger partial charge in [0.05, 0.1) is 0 Å². The molecule has 1 saturated heterocycles. The van der Waals surface area contributed by atoms with Crippen molar-refractivity contribution in [2.75, 3.05) is 0 Å². The molecule has 1 atom stereocenters. The maximum Gasteiger partial charge on any atom is 0.331 e. The highest BCUT2D eigenvalue weighted by atomic mass is 16.2. The average molecular weight is 266 g/mol. The molecular formula is C14H22N2O3. The zero-order chi connectivity index (χ0) is 14.2. The molecule has 5 nitrogen and oxygen atoms in total. The van der Waals surface area contributed by atoms with Crippen LogP contribution in [-0.4, -0.2) is 28.8 Å². The van der Waals surface area contributed by atoms with Crippen molar-refractivity contribution in [3.8, 4) is 0 Å². The molecule has 1 N–H and O–H groups in total. The second kappa shape index (κ2) is 4.94. The van der Waals surface area contributed by atoms with E-state index in [1.807, 2.05) is 6.92 Å². The summed E-state index contributed by atoms with van der Waals surface area (Å²) in [5.74, 6) is -0.527. The van der Waals surface area contributed by atoms with Crippen LogP contribution in [0.4, 0.5) is 4.79 Å². The summed E-state index contributed by atoms with van der Waals surface area (Å²) in [5.41, 5.74) is -1.16. The molecule has 4 amide bonds. The number of carbonyl (C=O) groups excluding carboxylic acids is 3. The second-order valence-corrected chi connectivity index (χ2v) is 6.20. The molecule has 0 aromatic carbocycles. The van der Waals surface area contributed by atoms with Crippen molar-refractivity contribution in [1.82, 2.24) is 10.2 Å². The van der Waals surface area contributed by atoms with E-state index < -0.39 is 17.4 Å². The molecule has 0 aromatic heterocycles. The van der Waals surface area contributed by atoms with E-state index in [-0.39, 0.29) is 11.9 Å². The molecule has 0 radical (unpaired) electrons. The highest BCUT2D eigenvalue weighted by Gasteiger charge is 2.49. The van der Waals surface area contributed by atoms with E-state index in [0.717, 1.165) is 25.7 Å². The van der Waals surface area contributed by atoms with Crippen LogP contribution in [0.25, 0.3) is 0 Å². The summed E-state index contributed by atoms with van der Waals surface area (Å²) in [6.45, 7) is 5.05. The lowest BCUT2D eigenvalue weighted by Gasteiger charge is -2.41. The standard InChI is InChI=1S/C14H22N2O3/c1-9(10-7-5-4-6-8-10)16-12(18)14(2,3)11(17)15-13(16)19/h9-10H,4-8H2,1-3H3,(H,15,17,19). The third-order valence-corrected chi connectivity index (χ3v) is 4.50. The number of hydrogen-bond acceptors (Lipinski definition) is 3. The molecular weight excluding hydrogens is 244 g/mol. The number of carbonyl (C=O) groups is 3. The molecule has 2 aliphatic rings. The summed E-state index contributed by atoms with van der Waals surface area (Å²) in [4.78, 5) is 37.3. The van der Waals surface area contributed by atoms with Gasteiger partial charge in [0.15, 0.2) is 0 Å². The van der Waals surface area contributed by atoms with Crippen LogP contribution in [-0.2, 0) is 9.59 Å². The Morgan fingerprint density at radius 1 is 1.16 bits per heavy atom. The molecule has 1 heterocycles. The van der Waals surface area contributed by atoms with Gasteiger partial charge in [-0.05, 0) is 39.5 Å². The van der Waals surface area contributed by atoms with E-state index in [0.29, 0.717) is 5.92 Å². The lowest BCUT2D eigenvalue weighted by molar-refractivity contribution is -0.151. The van der Waals surface area contributed by atoms with E-state index >= 15 is 0 Å². The molecule has 1 saturated carbocycles. The normalized spacial score (nSPS) is 26.3. The molecule has 0 spiro atoms. The van der Waals surface area contributed by atoms with Gasteiger partial charge in [-0.1, -0.05) is 19.3 Å². The van der Waals surface area contributed by atoms with Crippen LogP contribution in [0.1, 0.15) is 52.9 Å². The van der Waals surface area contributed by atoms with Crippen molar-refractivity contribution < 1.29 is 14.4 Å². The maximum absolute atomic E-state index is 12.4. The van der Waals surface area contributed by atoms with Crippen LogP contribution in [0, 0.1) is 11.3 Å². The van der Waals surface area contributed by atoms with Crippen LogP contribution >= 0.6 is 0 Å². The molecule has 1 unspecified atom stereocenters.